The van der Waals surface area contributed by atoms with Gasteiger partial charge in [0.15, 0.2) is 0 Å². The Morgan fingerprint density at radius 2 is 2.07 bits per heavy atom. The third kappa shape index (κ3) is 1.36. The fraction of sp³-hybridized carbons (Fsp3) is 0.100. The van der Waals surface area contributed by atoms with Crippen LogP contribution in [0.15, 0.2) is 24.3 Å². The predicted octanol–water partition coefficient (Wildman–Crippen LogP) is 2.60. The Morgan fingerprint density at radius 3 is 2.79 bits per heavy atom. The summed E-state index contributed by atoms with van der Waals surface area (Å²) < 4.78 is 4.97. The molecule has 0 aliphatic carbocycles. The summed E-state index contributed by atoms with van der Waals surface area (Å²) in [7, 11) is 1.53. The first-order valence-electron chi connectivity index (χ1n) is 4.04. The molecule has 0 aliphatic rings. The monoisotopic (exact) mass is 209 g/mol. The van der Waals surface area contributed by atoms with Crippen LogP contribution in [-0.4, -0.2) is 17.2 Å². The zero-order chi connectivity index (χ0) is 10.1. The average Bonchev–Trinajstić information content (AvgIpc) is 2.23. The summed E-state index contributed by atoms with van der Waals surface area (Å²) in [5.41, 5.74) is 0.547. The highest BCUT2D eigenvalue weighted by molar-refractivity contribution is 6.35. The van der Waals surface area contributed by atoms with Crippen LogP contribution in [0.3, 0.4) is 0 Å². The average molecular weight is 210 g/mol. The molecule has 0 saturated heterocycles. The van der Waals surface area contributed by atoms with Crippen LogP contribution in [0.2, 0.25) is 5.02 Å². The van der Waals surface area contributed by atoms with Crippen LogP contribution in [-0.2, 0) is 0 Å². The van der Waals surface area contributed by atoms with E-state index in [-0.39, 0.29) is 5.75 Å². The van der Waals surface area contributed by atoms with Gasteiger partial charge >= 0.3 is 0 Å². The first kappa shape index (κ1) is 9.09. The largest absolute Gasteiger partial charge is 0.507 e. The molecule has 0 unspecified atom stereocenters. The number of aromatic nitrogens is 1. The van der Waals surface area contributed by atoms with Gasteiger partial charge in [0.05, 0.1) is 17.6 Å². The molecule has 1 heterocycles. The van der Waals surface area contributed by atoms with Crippen molar-refractivity contribution in [2.24, 2.45) is 0 Å². The van der Waals surface area contributed by atoms with Crippen LogP contribution in [0.25, 0.3) is 10.9 Å². The first-order valence-corrected chi connectivity index (χ1v) is 4.42. The Balaban J connectivity index is 2.80. The van der Waals surface area contributed by atoms with Crippen molar-refractivity contribution >= 4 is 22.5 Å². The van der Waals surface area contributed by atoms with E-state index < -0.39 is 0 Å². The normalized spacial score (nSPS) is 10.4. The van der Waals surface area contributed by atoms with Gasteiger partial charge in [0.25, 0.3) is 0 Å². The van der Waals surface area contributed by atoms with Gasteiger partial charge in [0.1, 0.15) is 5.75 Å². The molecule has 0 atom stereocenters. The molecular weight excluding hydrogens is 202 g/mol. The van der Waals surface area contributed by atoms with Gasteiger partial charge in [0, 0.05) is 11.5 Å². The van der Waals surface area contributed by atoms with E-state index in [9.17, 15) is 5.11 Å². The van der Waals surface area contributed by atoms with E-state index in [2.05, 4.69) is 4.98 Å². The lowest BCUT2D eigenvalue weighted by Crippen LogP contribution is -1.88. The van der Waals surface area contributed by atoms with Crippen LogP contribution in [0, 0.1) is 0 Å². The Kier molecular flexibility index (Phi) is 2.17. The van der Waals surface area contributed by atoms with E-state index in [1.807, 2.05) is 0 Å². The molecule has 14 heavy (non-hydrogen) atoms. The number of phenolic OH excluding ortho intramolecular Hbond substituents is 1. The number of pyridine rings is 1. The third-order valence-corrected chi connectivity index (χ3v) is 2.27. The molecule has 0 bridgehead atoms. The molecule has 2 aromatic rings. The topological polar surface area (TPSA) is 42.4 Å². The lowest BCUT2D eigenvalue weighted by Gasteiger charge is -2.04. The molecule has 0 amide bonds. The number of nitrogens with zero attached hydrogens (tertiary/aromatic N) is 1. The number of hydrogen-bond donors (Lipinski definition) is 1. The summed E-state index contributed by atoms with van der Waals surface area (Å²) in [6, 6.07) is 6.55. The lowest BCUT2D eigenvalue weighted by atomic mass is 10.2. The van der Waals surface area contributed by atoms with Crippen molar-refractivity contribution in [1.82, 2.24) is 4.98 Å². The number of ether oxygens (including phenoxy) is 1. The number of rotatable bonds is 1. The van der Waals surface area contributed by atoms with Crippen LogP contribution in [0.4, 0.5) is 0 Å². The Labute approximate surface area is 85.9 Å². The molecule has 2 rings (SSSR count). The molecule has 3 nitrogen and oxygen atoms in total. The van der Waals surface area contributed by atoms with Gasteiger partial charge < -0.3 is 9.84 Å². The number of phenols is 1. The number of benzene rings is 1. The minimum Gasteiger partial charge on any atom is -0.507 e. The Morgan fingerprint density at radius 1 is 1.29 bits per heavy atom. The Hall–Kier alpha value is -1.48. The van der Waals surface area contributed by atoms with Crippen molar-refractivity contribution in [3.8, 4) is 11.6 Å². The van der Waals surface area contributed by atoms with Crippen LogP contribution < -0.4 is 4.74 Å². The molecule has 0 aliphatic heterocycles. The lowest BCUT2D eigenvalue weighted by molar-refractivity contribution is 0.399. The number of fused-ring (bicyclic) bond motifs is 1. The standard InChI is InChI=1S/C10H8ClNO2/c1-14-9-5-2-6-8(13)4-3-7(11)10(6)12-9/h2-5,13H,1H3. The van der Waals surface area contributed by atoms with E-state index in [0.717, 1.165) is 0 Å². The van der Waals surface area contributed by atoms with E-state index in [1.165, 1.54) is 7.11 Å². The summed E-state index contributed by atoms with van der Waals surface area (Å²) in [6.45, 7) is 0. The molecule has 1 N–H and O–H groups in total. The highest BCUT2D eigenvalue weighted by Gasteiger charge is 2.06. The molecule has 0 spiro atoms. The van der Waals surface area contributed by atoms with Crippen LogP contribution in [0.5, 0.6) is 11.6 Å². The van der Waals surface area contributed by atoms with Gasteiger partial charge in [-0.15, -0.1) is 0 Å². The second-order valence-corrected chi connectivity index (χ2v) is 3.22. The zero-order valence-electron chi connectivity index (χ0n) is 7.49. The van der Waals surface area contributed by atoms with E-state index in [4.69, 9.17) is 16.3 Å². The SMILES string of the molecule is COc1ccc2c(O)ccc(Cl)c2n1. The van der Waals surface area contributed by atoms with Crippen molar-refractivity contribution < 1.29 is 9.84 Å². The number of hydrogen-bond acceptors (Lipinski definition) is 3. The number of methoxy groups -OCH3 is 1. The Bertz CT molecular complexity index is 485. The smallest absolute Gasteiger partial charge is 0.213 e. The molecular formula is C10H8ClNO2. The van der Waals surface area contributed by atoms with Crippen molar-refractivity contribution in [1.29, 1.82) is 0 Å². The van der Waals surface area contributed by atoms with Crippen LogP contribution >= 0.6 is 11.6 Å². The van der Waals surface area contributed by atoms with Crippen molar-refractivity contribution in [3.05, 3.63) is 29.3 Å². The fourth-order valence-corrected chi connectivity index (χ4v) is 1.47. The van der Waals surface area contributed by atoms with Gasteiger partial charge in [-0.3, -0.25) is 0 Å². The summed E-state index contributed by atoms with van der Waals surface area (Å²) >= 11 is 5.93. The van der Waals surface area contributed by atoms with Crippen molar-refractivity contribution in [2.75, 3.05) is 7.11 Å². The van der Waals surface area contributed by atoms with Gasteiger partial charge in [-0.2, -0.15) is 0 Å². The molecule has 1 aromatic carbocycles. The van der Waals surface area contributed by atoms with Gasteiger partial charge in [-0.05, 0) is 18.2 Å². The van der Waals surface area contributed by atoms with Crippen LogP contribution in [0.1, 0.15) is 0 Å². The van der Waals surface area contributed by atoms with Crippen molar-refractivity contribution in [2.45, 2.75) is 0 Å². The summed E-state index contributed by atoms with van der Waals surface area (Å²) in [4.78, 5) is 4.14. The van der Waals surface area contributed by atoms with Gasteiger partial charge in [-0.25, -0.2) is 4.98 Å². The van der Waals surface area contributed by atoms with Gasteiger partial charge in [0.2, 0.25) is 5.88 Å². The predicted molar refractivity (Wildman–Crippen MR) is 55.0 cm³/mol. The van der Waals surface area contributed by atoms with E-state index >= 15 is 0 Å². The third-order valence-electron chi connectivity index (χ3n) is 1.97. The highest BCUT2D eigenvalue weighted by atomic mass is 35.5. The zero-order valence-corrected chi connectivity index (χ0v) is 8.25. The summed E-state index contributed by atoms with van der Waals surface area (Å²) in [5, 5.41) is 10.6. The fourth-order valence-electron chi connectivity index (χ4n) is 1.26. The second kappa shape index (κ2) is 3.35. The maximum absolute atomic E-state index is 9.52. The minimum atomic E-state index is 0.166. The quantitative estimate of drug-likeness (QED) is 0.785. The minimum absolute atomic E-state index is 0.166. The highest BCUT2D eigenvalue weighted by Crippen LogP contribution is 2.30. The van der Waals surface area contributed by atoms with Crippen molar-refractivity contribution in [3.63, 3.8) is 0 Å². The van der Waals surface area contributed by atoms with E-state index in [1.54, 1.807) is 24.3 Å². The number of halogens is 1. The van der Waals surface area contributed by atoms with E-state index in [0.29, 0.717) is 21.8 Å². The summed E-state index contributed by atoms with van der Waals surface area (Å²) in [5.74, 6) is 0.643. The maximum Gasteiger partial charge on any atom is 0.213 e. The molecule has 0 radical (unpaired) electrons. The first-order chi connectivity index (χ1) is 6.72. The molecule has 4 heteroatoms. The molecule has 72 valence electrons. The van der Waals surface area contributed by atoms with Gasteiger partial charge in [-0.1, -0.05) is 11.6 Å². The molecule has 1 aromatic heterocycles. The molecule has 0 fully saturated rings. The maximum atomic E-state index is 9.52. The summed E-state index contributed by atoms with van der Waals surface area (Å²) in [6.07, 6.45) is 0. The number of aromatic hydroxyl groups is 1. The molecule has 0 saturated carbocycles. The second-order valence-electron chi connectivity index (χ2n) is 2.82.